The molecule has 2 rings (SSSR count). The van der Waals surface area contributed by atoms with E-state index in [-0.39, 0.29) is 5.75 Å². The maximum Gasteiger partial charge on any atom is 0.387 e. The average molecular weight is 375 g/mol. The molecule has 0 unspecified atom stereocenters. The molecule has 0 spiro atoms. The van der Waals surface area contributed by atoms with E-state index in [0.29, 0.717) is 12.1 Å². The summed E-state index contributed by atoms with van der Waals surface area (Å²) in [5.41, 5.74) is 1.63. The molecule has 1 N–H and O–H groups in total. The third kappa shape index (κ3) is 4.34. The Balaban J connectivity index is 2.04. The third-order valence-corrected chi connectivity index (χ3v) is 3.24. The third-order valence-electron chi connectivity index (χ3n) is 2.52. The summed E-state index contributed by atoms with van der Waals surface area (Å²) in [6.45, 7) is -2.37. The lowest BCUT2D eigenvalue weighted by Gasteiger charge is -2.12. The second-order valence-corrected chi connectivity index (χ2v) is 5.09. The van der Waals surface area contributed by atoms with Crippen molar-refractivity contribution in [3.05, 3.63) is 57.7 Å². The Morgan fingerprint density at radius 1 is 1.05 bits per heavy atom. The van der Waals surface area contributed by atoms with Crippen molar-refractivity contribution in [2.24, 2.45) is 0 Å². The van der Waals surface area contributed by atoms with Crippen LogP contribution in [0.25, 0.3) is 0 Å². The Bertz CT molecular complexity index is 531. The SMILES string of the molecule is FC(F)Oc1ccccc1CNc1ccc(I)cc1. The van der Waals surface area contributed by atoms with Crippen molar-refractivity contribution in [2.45, 2.75) is 13.2 Å². The zero-order valence-corrected chi connectivity index (χ0v) is 12.1. The van der Waals surface area contributed by atoms with Gasteiger partial charge >= 0.3 is 6.61 Å². The molecule has 0 heterocycles. The molecule has 2 aromatic rings. The van der Waals surface area contributed by atoms with Crippen LogP contribution in [0.15, 0.2) is 48.5 Å². The summed E-state index contributed by atoms with van der Waals surface area (Å²) in [5, 5.41) is 3.17. The van der Waals surface area contributed by atoms with Gasteiger partial charge in [-0.2, -0.15) is 8.78 Å². The largest absolute Gasteiger partial charge is 0.434 e. The van der Waals surface area contributed by atoms with Crippen LogP contribution in [0, 0.1) is 3.57 Å². The van der Waals surface area contributed by atoms with Gasteiger partial charge in [-0.3, -0.25) is 0 Å². The monoisotopic (exact) mass is 375 g/mol. The van der Waals surface area contributed by atoms with Crippen LogP contribution in [-0.4, -0.2) is 6.61 Å². The second kappa shape index (κ2) is 6.70. The van der Waals surface area contributed by atoms with Gasteiger partial charge in [0.25, 0.3) is 0 Å². The zero-order chi connectivity index (χ0) is 13.7. The summed E-state index contributed by atoms with van der Waals surface area (Å²) >= 11 is 2.22. The van der Waals surface area contributed by atoms with Crippen molar-refractivity contribution in [1.82, 2.24) is 0 Å². The van der Waals surface area contributed by atoms with Gasteiger partial charge in [-0.1, -0.05) is 18.2 Å². The van der Waals surface area contributed by atoms with Crippen molar-refractivity contribution in [3.8, 4) is 5.75 Å². The molecule has 2 nitrogen and oxygen atoms in total. The smallest absolute Gasteiger partial charge is 0.387 e. The first-order chi connectivity index (χ1) is 9.15. The average Bonchev–Trinajstić information content (AvgIpc) is 2.39. The maximum atomic E-state index is 12.3. The molecule has 5 heteroatoms. The standard InChI is InChI=1S/C14H12F2INO/c15-14(16)19-13-4-2-1-3-10(13)9-18-12-7-5-11(17)6-8-12/h1-8,14,18H,9H2. The van der Waals surface area contributed by atoms with Crippen molar-refractivity contribution in [2.75, 3.05) is 5.32 Å². The summed E-state index contributed by atoms with van der Waals surface area (Å²) in [4.78, 5) is 0. The lowest BCUT2D eigenvalue weighted by atomic mass is 10.2. The molecular formula is C14H12F2INO. The van der Waals surface area contributed by atoms with E-state index in [0.717, 1.165) is 9.26 Å². The Hall–Kier alpha value is -1.37. The van der Waals surface area contributed by atoms with Gasteiger partial charge in [0.2, 0.25) is 0 Å². The van der Waals surface area contributed by atoms with Crippen LogP contribution in [0.3, 0.4) is 0 Å². The molecule has 0 aliphatic rings. The first-order valence-corrected chi connectivity index (χ1v) is 6.75. The predicted octanol–water partition coefficient (Wildman–Crippen LogP) is 4.50. The first kappa shape index (κ1) is 14.0. The molecule has 0 radical (unpaired) electrons. The van der Waals surface area contributed by atoms with E-state index in [1.807, 2.05) is 24.3 Å². The number of nitrogens with one attached hydrogen (secondary N) is 1. The maximum absolute atomic E-state index is 12.3. The fourth-order valence-electron chi connectivity index (χ4n) is 1.63. The lowest BCUT2D eigenvalue weighted by Crippen LogP contribution is -2.07. The fraction of sp³-hybridized carbons (Fsp3) is 0.143. The number of rotatable bonds is 5. The molecule has 0 amide bonds. The van der Waals surface area contributed by atoms with Crippen LogP contribution in [0.4, 0.5) is 14.5 Å². The van der Waals surface area contributed by atoms with Gasteiger partial charge in [-0.25, -0.2) is 0 Å². The Morgan fingerprint density at radius 2 is 1.74 bits per heavy atom. The number of ether oxygens (including phenoxy) is 1. The van der Waals surface area contributed by atoms with Crippen LogP contribution in [0.2, 0.25) is 0 Å². The van der Waals surface area contributed by atoms with E-state index in [1.54, 1.807) is 18.2 Å². The molecule has 0 fully saturated rings. The summed E-state index contributed by atoms with van der Waals surface area (Å²) in [6.07, 6.45) is 0. The van der Waals surface area contributed by atoms with Gasteiger partial charge in [0.05, 0.1) is 0 Å². The highest BCUT2D eigenvalue weighted by atomic mass is 127. The minimum atomic E-state index is -2.81. The van der Waals surface area contributed by atoms with E-state index in [9.17, 15) is 8.78 Å². The lowest BCUT2D eigenvalue weighted by molar-refractivity contribution is -0.0504. The number of halogens is 3. The zero-order valence-electron chi connectivity index (χ0n) is 9.95. The van der Waals surface area contributed by atoms with Crippen LogP contribution >= 0.6 is 22.6 Å². The minimum Gasteiger partial charge on any atom is -0.434 e. The van der Waals surface area contributed by atoms with Gasteiger partial charge in [0.1, 0.15) is 5.75 Å². The fourth-order valence-corrected chi connectivity index (χ4v) is 1.99. The quantitative estimate of drug-likeness (QED) is 0.777. The van der Waals surface area contributed by atoms with Crippen LogP contribution in [0.1, 0.15) is 5.56 Å². The number of alkyl halides is 2. The molecule has 2 aromatic carbocycles. The summed E-state index contributed by atoms with van der Waals surface area (Å²) < 4.78 is 30.2. The molecular weight excluding hydrogens is 363 g/mol. The Morgan fingerprint density at radius 3 is 2.42 bits per heavy atom. The highest BCUT2D eigenvalue weighted by Crippen LogP contribution is 2.21. The van der Waals surface area contributed by atoms with Gasteiger partial charge < -0.3 is 10.1 Å². The molecule has 19 heavy (non-hydrogen) atoms. The number of hydrogen-bond acceptors (Lipinski definition) is 2. The van der Waals surface area contributed by atoms with Crippen LogP contribution < -0.4 is 10.1 Å². The van der Waals surface area contributed by atoms with Crippen LogP contribution in [-0.2, 0) is 6.54 Å². The number of benzene rings is 2. The Labute approximate surface area is 123 Å². The van der Waals surface area contributed by atoms with Crippen molar-refractivity contribution in [1.29, 1.82) is 0 Å². The number of anilines is 1. The molecule has 0 atom stereocenters. The van der Waals surface area contributed by atoms with Gasteiger partial charge in [-0.05, 0) is 52.9 Å². The summed E-state index contributed by atoms with van der Waals surface area (Å²) in [7, 11) is 0. The van der Waals surface area contributed by atoms with E-state index < -0.39 is 6.61 Å². The molecule has 0 aliphatic heterocycles. The van der Waals surface area contributed by atoms with Crippen LogP contribution in [0.5, 0.6) is 5.75 Å². The summed E-state index contributed by atoms with van der Waals surface area (Å²) in [5.74, 6) is 0.204. The topological polar surface area (TPSA) is 21.3 Å². The van der Waals surface area contributed by atoms with E-state index in [4.69, 9.17) is 0 Å². The van der Waals surface area contributed by atoms with E-state index in [2.05, 4.69) is 32.6 Å². The van der Waals surface area contributed by atoms with Gasteiger partial charge in [0, 0.05) is 21.4 Å². The normalized spacial score (nSPS) is 10.5. The van der Waals surface area contributed by atoms with Crippen molar-refractivity contribution >= 4 is 28.3 Å². The molecule has 0 saturated heterocycles. The van der Waals surface area contributed by atoms with Gasteiger partial charge in [-0.15, -0.1) is 0 Å². The minimum absolute atomic E-state index is 0.204. The second-order valence-electron chi connectivity index (χ2n) is 3.85. The molecule has 100 valence electrons. The Kier molecular flexibility index (Phi) is 4.95. The molecule has 0 aliphatic carbocycles. The highest BCUT2D eigenvalue weighted by molar-refractivity contribution is 14.1. The summed E-state index contributed by atoms with van der Waals surface area (Å²) in [6, 6.07) is 14.6. The van der Waals surface area contributed by atoms with E-state index in [1.165, 1.54) is 6.07 Å². The first-order valence-electron chi connectivity index (χ1n) is 5.67. The molecule has 0 bridgehead atoms. The molecule has 0 saturated carbocycles. The highest BCUT2D eigenvalue weighted by Gasteiger charge is 2.08. The number of hydrogen-bond donors (Lipinski definition) is 1. The van der Waals surface area contributed by atoms with Crippen molar-refractivity contribution in [3.63, 3.8) is 0 Å². The van der Waals surface area contributed by atoms with Crippen molar-refractivity contribution < 1.29 is 13.5 Å². The predicted molar refractivity (Wildman–Crippen MR) is 79.6 cm³/mol. The molecule has 0 aromatic heterocycles. The van der Waals surface area contributed by atoms with E-state index >= 15 is 0 Å². The van der Waals surface area contributed by atoms with Gasteiger partial charge in [0.15, 0.2) is 0 Å². The number of para-hydroxylation sites is 1.